The number of nitrogens with one attached hydrogen (secondary N) is 1. The zero-order valence-electron chi connectivity index (χ0n) is 11.9. The molecule has 1 aromatic heterocycles. The Labute approximate surface area is 114 Å². The minimum absolute atomic E-state index is 0.00718. The summed E-state index contributed by atoms with van der Waals surface area (Å²) in [7, 11) is 5.47. The quantitative estimate of drug-likeness (QED) is 0.878. The molecule has 19 heavy (non-hydrogen) atoms. The number of aromatic nitrogens is 1. The second-order valence-corrected chi connectivity index (χ2v) is 5.15. The van der Waals surface area contributed by atoms with Gasteiger partial charge in [-0.3, -0.25) is 4.79 Å². The van der Waals surface area contributed by atoms with Gasteiger partial charge in [-0.25, -0.2) is 4.98 Å². The lowest BCUT2D eigenvalue weighted by atomic mass is 10.2. The van der Waals surface area contributed by atoms with Crippen molar-refractivity contribution in [2.75, 3.05) is 39.1 Å². The number of rotatable bonds is 4. The molecule has 1 aliphatic rings. The van der Waals surface area contributed by atoms with Crippen LogP contribution in [0.1, 0.15) is 23.2 Å². The molecule has 1 saturated heterocycles. The van der Waals surface area contributed by atoms with Gasteiger partial charge >= 0.3 is 0 Å². The fourth-order valence-corrected chi connectivity index (χ4v) is 2.53. The molecule has 0 aromatic carbocycles. The monoisotopic (exact) mass is 262 g/mol. The Kier molecular flexibility index (Phi) is 4.37. The molecular weight excluding hydrogens is 240 g/mol. The third kappa shape index (κ3) is 3.04. The van der Waals surface area contributed by atoms with Crippen molar-refractivity contribution in [1.82, 2.24) is 15.2 Å². The Morgan fingerprint density at radius 3 is 2.89 bits per heavy atom. The molecule has 1 aliphatic heterocycles. The standard InChI is InChI=1S/C14H22N4O/c1-15-10-12-5-4-8-18(12)13-7-6-11(9-16-13)14(19)17(2)3/h6-7,9,12,15H,4-5,8,10H2,1-3H3. The first-order valence-electron chi connectivity index (χ1n) is 6.72. The first kappa shape index (κ1) is 13.8. The number of carbonyl (C=O) groups is 1. The highest BCUT2D eigenvalue weighted by Gasteiger charge is 2.24. The summed E-state index contributed by atoms with van der Waals surface area (Å²) >= 11 is 0. The predicted octanol–water partition coefficient (Wildman–Crippen LogP) is 0.972. The summed E-state index contributed by atoms with van der Waals surface area (Å²) in [5.41, 5.74) is 0.637. The highest BCUT2D eigenvalue weighted by Crippen LogP contribution is 2.23. The van der Waals surface area contributed by atoms with E-state index in [0.717, 1.165) is 18.9 Å². The van der Waals surface area contributed by atoms with Crippen LogP contribution in [-0.2, 0) is 0 Å². The molecule has 0 bridgehead atoms. The van der Waals surface area contributed by atoms with Gasteiger partial charge in [0.2, 0.25) is 0 Å². The first-order valence-corrected chi connectivity index (χ1v) is 6.72. The third-order valence-electron chi connectivity index (χ3n) is 3.51. The molecule has 1 amide bonds. The Bertz CT molecular complexity index is 430. The van der Waals surface area contributed by atoms with E-state index in [1.807, 2.05) is 19.2 Å². The number of hydrogen-bond acceptors (Lipinski definition) is 4. The largest absolute Gasteiger partial charge is 0.352 e. The highest BCUT2D eigenvalue weighted by atomic mass is 16.2. The van der Waals surface area contributed by atoms with E-state index in [1.165, 1.54) is 12.8 Å². The van der Waals surface area contributed by atoms with Gasteiger partial charge in [-0.05, 0) is 32.0 Å². The lowest BCUT2D eigenvalue weighted by Crippen LogP contribution is -2.37. The average Bonchev–Trinajstić information content (AvgIpc) is 2.87. The van der Waals surface area contributed by atoms with Gasteiger partial charge in [-0.2, -0.15) is 0 Å². The van der Waals surface area contributed by atoms with Crippen molar-refractivity contribution < 1.29 is 4.79 Å². The predicted molar refractivity (Wildman–Crippen MR) is 76.5 cm³/mol. The summed E-state index contributed by atoms with van der Waals surface area (Å²) in [5.74, 6) is 0.959. The summed E-state index contributed by atoms with van der Waals surface area (Å²) in [4.78, 5) is 20.1. The maximum Gasteiger partial charge on any atom is 0.254 e. The topological polar surface area (TPSA) is 48.5 Å². The maximum atomic E-state index is 11.8. The van der Waals surface area contributed by atoms with E-state index in [1.54, 1.807) is 25.2 Å². The van der Waals surface area contributed by atoms with Gasteiger partial charge in [0.1, 0.15) is 5.82 Å². The molecule has 104 valence electrons. The highest BCUT2D eigenvalue weighted by molar-refractivity contribution is 5.93. The second-order valence-electron chi connectivity index (χ2n) is 5.15. The van der Waals surface area contributed by atoms with Crippen LogP contribution in [0.15, 0.2) is 18.3 Å². The SMILES string of the molecule is CNCC1CCCN1c1ccc(C(=O)N(C)C)cn1. The Hall–Kier alpha value is -1.62. The normalized spacial score (nSPS) is 18.7. The molecule has 1 aromatic rings. The molecule has 0 radical (unpaired) electrons. The molecule has 5 heteroatoms. The molecule has 1 unspecified atom stereocenters. The number of pyridine rings is 1. The van der Waals surface area contributed by atoms with Gasteiger partial charge in [0.15, 0.2) is 0 Å². The molecule has 0 aliphatic carbocycles. The van der Waals surface area contributed by atoms with Gasteiger partial charge in [-0.1, -0.05) is 0 Å². The fourth-order valence-electron chi connectivity index (χ4n) is 2.53. The van der Waals surface area contributed by atoms with Crippen molar-refractivity contribution in [3.05, 3.63) is 23.9 Å². The average molecular weight is 262 g/mol. The maximum absolute atomic E-state index is 11.8. The summed E-state index contributed by atoms with van der Waals surface area (Å²) < 4.78 is 0. The second kappa shape index (κ2) is 6.02. The third-order valence-corrected chi connectivity index (χ3v) is 3.51. The number of carbonyl (C=O) groups excluding carboxylic acids is 1. The Balaban J connectivity index is 2.11. The van der Waals surface area contributed by atoms with Crippen LogP contribution in [0.4, 0.5) is 5.82 Å². The van der Waals surface area contributed by atoms with E-state index >= 15 is 0 Å². The molecule has 0 saturated carbocycles. The molecule has 5 nitrogen and oxygen atoms in total. The van der Waals surface area contributed by atoms with E-state index in [0.29, 0.717) is 11.6 Å². The minimum atomic E-state index is -0.00718. The van der Waals surface area contributed by atoms with Crippen LogP contribution in [0.2, 0.25) is 0 Å². The van der Waals surface area contributed by atoms with Crippen molar-refractivity contribution in [2.45, 2.75) is 18.9 Å². The van der Waals surface area contributed by atoms with E-state index in [2.05, 4.69) is 15.2 Å². The van der Waals surface area contributed by atoms with Crippen LogP contribution in [-0.4, -0.2) is 56.1 Å². The zero-order valence-corrected chi connectivity index (χ0v) is 11.9. The number of nitrogens with zero attached hydrogens (tertiary/aromatic N) is 3. The van der Waals surface area contributed by atoms with Gasteiger partial charge in [0, 0.05) is 39.4 Å². The lowest BCUT2D eigenvalue weighted by Gasteiger charge is -2.25. The Morgan fingerprint density at radius 2 is 2.32 bits per heavy atom. The van der Waals surface area contributed by atoms with Crippen molar-refractivity contribution >= 4 is 11.7 Å². The first-order chi connectivity index (χ1) is 9.13. The van der Waals surface area contributed by atoms with Crippen molar-refractivity contribution in [3.63, 3.8) is 0 Å². The van der Waals surface area contributed by atoms with Gasteiger partial charge in [0.25, 0.3) is 5.91 Å². The van der Waals surface area contributed by atoms with Crippen LogP contribution in [0.5, 0.6) is 0 Å². The van der Waals surface area contributed by atoms with Crippen LogP contribution < -0.4 is 10.2 Å². The molecule has 1 atom stereocenters. The number of likely N-dealkylation sites (N-methyl/N-ethyl adjacent to an activating group) is 1. The number of hydrogen-bond donors (Lipinski definition) is 1. The van der Waals surface area contributed by atoms with Crippen molar-refractivity contribution in [2.24, 2.45) is 0 Å². The van der Waals surface area contributed by atoms with Crippen LogP contribution in [0, 0.1) is 0 Å². The van der Waals surface area contributed by atoms with Crippen molar-refractivity contribution in [1.29, 1.82) is 0 Å². The number of anilines is 1. The summed E-state index contributed by atoms with van der Waals surface area (Å²) in [6, 6.07) is 4.32. The van der Waals surface area contributed by atoms with Crippen molar-refractivity contribution in [3.8, 4) is 0 Å². The summed E-state index contributed by atoms with van der Waals surface area (Å²) in [6.45, 7) is 2.01. The van der Waals surface area contributed by atoms with E-state index in [4.69, 9.17) is 0 Å². The Morgan fingerprint density at radius 1 is 1.53 bits per heavy atom. The van der Waals surface area contributed by atoms with E-state index in [-0.39, 0.29) is 5.91 Å². The fraction of sp³-hybridized carbons (Fsp3) is 0.571. The molecule has 1 fully saturated rings. The van der Waals surface area contributed by atoms with Gasteiger partial charge in [-0.15, -0.1) is 0 Å². The van der Waals surface area contributed by atoms with E-state index in [9.17, 15) is 4.79 Å². The molecule has 2 heterocycles. The minimum Gasteiger partial charge on any atom is -0.352 e. The lowest BCUT2D eigenvalue weighted by molar-refractivity contribution is 0.0827. The zero-order chi connectivity index (χ0) is 13.8. The van der Waals surface area contributed by atoms with Gasteiger partial charge in [0.05, 0.1) is 5.56 Å². The smallest absolute Gasteiger partial charge is 0.254 e. The van der Waals surface area contributed by atoms with E-state index < -0.39 is 0 Å². The van der Waals surface area contributed by atoms with Crippen LogP contribution in [0.25, 0.3) is 0 Å². The van der Waals surface area contributed by atoms with Crippen LogP contribution >= 0.6 is 0 Å². The molecular formula is C14H22N4O. The summed E-state index contributed by atoms with van der Waals surface area (Å²) in [5, 5.41) is 3.22. The number of amides is 1. The van der Waals surface area contributed by atoms with Crippen LogP contribution in [0.3, 0.4) is 0 Å². The molecule has 0 spiro atoms. The molecule has 2 rings (SSSR count). The molecule has 1 N–H and O–H groups in total. The summed E-state index contributed by atoms with van der Waals surface area (Å²) in [6.07, 6.45) is 4.07. The van der Waals surface area contributed by atoms with Gasteiger partial charge < -0.3 is 15.1 Å².